The van der Waals surface area contributed by atoms with Gasteiger partial charge in [-0.25, -0.2) is 14.4 Å². The third-order valence-corrected chi connectivity index (χ3v) is 5.17. The SMILES string of the molecule is CC1=NN(c2ccccc2)C(=O)[C@H]1[C@@H](Nc1nccs1)c1ccccc1F. The maximum absolute atomic E-state index is 14.6. The monoisotopic (exact) mass is 380 g/mol. The number of carbonyl (C=O) groups is 1. The van der Waals surface area contributed by atoms with E-state index >= 15 is 0 Å². The summed E-state index contributed by atoms with van der Waals surface area (Å²) < 4.78 is 14.6. The summed E-state index contributed by atoms with van der Waals surface area (Å²) in [5.74, 6) is -1.20. The van der Waals surface area contributed by atoms with Crippen LogP contribution in [-0.4, -0.2) is 16.6 Å². The number of amides is 1. The van der Waals surface area contributed by atoms with Gasteiger partial charge in [-0.3, -0.25) is 4.79 Å². The largest absolute Gasteiger partial charge is 0.353 e. The molecule has 1 amide bonds. The van der Waals surface area contributed by atoms with Crippen LogP contribution in [0, 0.1) is 11.7 Å². The summed E-state index contributed by atoms with van der Waals surface area (Å²) in [5.41, 5.74) is 1.72. The number of para-hydroxylation sites is 1. The highest BCUT2D eigenvalue weighted by Gasteiger charge is 2.41. The predicted molar refractivity (Wildman–Crippen MR) is 105 cm³/mol. The standard InChI is InChI=1S/C20H17FN4OS/c1-13-17(19(26)25(24-13)14-7-3-2-4-8-14)18(23-20-22-11-12-27-20)15-9-5-6-10-16(15)21/h2-12,17-18H,1H3,(H,22,23)/t17-,18+/m1/s1. The second kappa shape index (κ2) is 7.28. The van der Waals surface area contributed by atoms with Crippen LogP contribution >= 0.6 is 11.3 Å². The Morgan fingerprint density at radius 2 is 1.89 bits per heavy atom. The van der Waals surface area contributed by atoms with E-state index in [9.17, 15) is 9.18 Å². The number of halogens is 1. The quantitative estimate of drug-likeness (QED) is 0.710. The van der Waals surface area contributed by atoms with Crippen molar-refractivity contribution in [2.75, 3.05) is 10.3 Å². The highest BCUT2D eigenvalue weighted by molar-refractivity contribution is 7.13. The van der Waals surface area contributed by atoms with E-state index in [-0.39, 0.29) is 11.7 Å². The van der Waals surface area contributed by atoms with Crippen molar-refractivity contribution in [2.24, 2.45) is 11.0 Å². The minimum absolute atomic E-state index is 0.198. The van der Waals surface area contributed by atoms with Crippen LogP contribution in [0.2, 0.25) is 0 Å². The lowest BCUT2D eigenvalue weighted by atomic mass is 9.89. The lowest BCUT2D eigenvalue weighted by Crippen LogP contribution is -2.35. The van der Waals surface area contributed by atoms with E-state index in [2.05, 4.69) is 15.4 Å². The van der Waals surface area contributed by atoms with Crippen molar-refractivity contribution in [3.8, 4) is 0 Å². The van der Waals surface area contributed by atoms with Crippen molar-refractivity contribution in [1.29, 1.82) is 0 Å². The molecule has 4 rings (SSSR count). The summed E-state index contributed by atoms with van der Waals surface area (Å²) in [6.07, 6.45) is 1.67. The first-order chi connectivity index (χ1) is 13.1. The van der Waals surface area contributed by atoms with Gasteiger partial charge in [-0.1, -0.05) is 36.4 Å². The molecule has 0 radical (unpaired) electrons. The molecule has 2 atom stereocenters. The molecular weight excluding hydrogens is 363 g/mol. The van der Waals surface area contributed by atoms with E-state index in [1.165, 1.54) is 22.4 Å². The van der Waals surface area contributed by atoms with E-state index in [1.54, 1.807) is 31.3 Å². The molecule has 0 aliphatic carbocycles. The van der Waals surface area contributed by atoms with E-state index in [0.717, 1.165) is 0 Å². The van der Waals surface area contributed by atoms with Gasteiger partial charge in [-0.15, -0.1) is 11.3 Å². The minimum Gasteiger partial charge on any atom is -0.353 e. The number of hydrogen-bond acceptors (Lipinski definition) is 5. The van der Waals surface area contributed by atoms with Gasteiger partial charge in [0.15, 0.2) is 5.13 Å². The number of aromatic nitrogens is 1. The van der Waals surface area contributed by atoms with Crippen LogP contribution in [0.1, 0.15) is 18.5 Å². The summed E-state index contributed by atoms with van der Waals surface area (Å²) in [7, 11) is 0. The smallest absolute Gasteiger partial charge is 0.258 e. The van der Waals surface area contributed by atoms with Crippen molar-refractivity contribution in [3.05, 3.63) is 77.6 Å². The first-order valence-corrected chi connectivity index (χ1v) is 9.37. The van der Waals surface area contributed by atoms with Crippen LogP contribution in [0.15, 0.2) is 71.3 Å². The van der Waals surface area contributed by atoms with Crippen molar-refractivity contribution in [2.45, 2.75) is 13.0 Å². The maximum atomic E-state index is 14.6. The summed E-state index contributed by atoms with van der Waals surface area (Å²) in [6.45, 7) is 1.79. The maximum Gasteiger partial charge on any atom is 0.258 e. The van der Waals surface area contributed by atoms with Crippen molar-refractivity contribution >= 4 is 33.8 Å². The van der Waals surface area contributed by atoms with Gasteiger partial charge < -0.3 is 5.32 Å². The molecule has 1 N–H and O–H groups in total. The molecule has 0 fully saturated rings. The summed E-state index contributed by atoms with van der Waals surface area (Å²) in [5, 5.41) is 11.5. The third-order valence-electron chi connectivity index (χ3n) is 4.47. The van der Waals surface area contributed by atoms with Gasteiger partial charge in [0.05, 0.1) is 17.4 Å². The van der Waals surface area contributed by atoms with Crippen LogP contribution < -0.4 is 10.3 Å². The Bertz CT molecular complexity index is 975. The molecule has 0 unspecified atom stereocenters. The van der Waals surface area contributed by atoms with Crippen molar-refractivity contribution < 1.29 is 9.18 Å². The number of benzene rings is 2. The van der Waals surface area contributed by atoms with Gasteiger partial charge in [-0.05, 0) is 25.1 Å². The van der Waals surface area contributed by atoms with Crippen LogP contribution in [0.5, 0.6) is 0 Å². The van der Waals surface area contributed by atoms with Gasteiger partial charge in [0.2, 0.25) is 0 Å². The molecule has 2 heterocycles. The Balaban J connectivity index is 1.73. The highest BCUT2D eigenvalue weighted by atomic mass is 32.1. The van der Waals surface area contributed by atoms with Crippen LogP contribution in [0.3, 0.4) is 0 Å². The van der Waals surface area contributed by atoms with E-state index in [1.807, 2.05) is 35.7 Å². The van der Waals surface area contributed by atoms with Gasteiger partial charge in [0, 0.05) is 17.1 Å². The summed E-state index contributed by atoms with van der Waals surface area (Å²) in [4.78, 5) is 17.4. The normalized spacial score (nSPS) is 17.7. The van der Waals surface area contributed by atoms with Gasteiger partial charge >= 0.3 is 0 Å². The van der Waals surface area contributed by atoms with E-state index in [0.29, 0.717) is 22.1 Å². The Labute approximate surface area is 160 Å². The topological polar surface area (TPSA) is 57.6 Å². The fourth-order valence-corrected chi connectivity index (χ4v) is 3.78. The fraction of sp³-hybridized carbons (Fsp3) is 0.150. The number of hydrazone groups is 1. The lowest BCUT2D eigenvalue weighted by Gasteiger charge is -2.25. The first-order valence-electron chi connectivity index (χ1n) is 8.49. The van der Waals surface area contributed by atoms with E-state index in [4.69, 9.17) is 0 Å². The van der Waals surface area contributed by atoms with Crippen molar-refractivity contribution in [1.82, 2.24) is 4.98 Å². The van der Waals surface area contributed by atoms with Gasteiger partial charge in [0.25, 0.3) is 5.91 Å². The summed E-state index contributed by atoms with van der Waals surface area (Å²) >= 11 is 1.40. The number of anilines is 2. The Morgan fingerprint density at radius 1 is 1.15 bits per heavy atom. The van der Waals surface area contributed by atoms with Crippen LogP contribution in [0.4, 0.5) is 15.2 Å². The zero-order valence-electron chi connectivity index (χ0n) is 14.5. The average molecular weight is 380 g/mol. The van der Waals surface area contributed by atoms with Gasteiger partial charge in [0.1, 0.15) is 11.7 Å². The predicted octanol–water partition coefficient (Wildman–Crippen LogP) is 4.47. The number of rotatable bonds is 5. The summed E-state index contributed by atoms with van der Waals surface area (Å²) in [6, 6.07) is 15.1. The Morgan fingerprint density at radius 3 is 2.59 bits per heavy atom. The number of hydrogen-bond donors (Lipinski definition) is 1. The third kappa shape index (κ3) is 3.33. The van der Waals surface area contributed by atoms with Gasteiger partial charge in [-0.2, -0.15) is 5.10 Å². The first kappa shape index (κ1) is 17.4. The molecule has 0 spiro atoms. The molecule has 7 heteroatoms. The number of nitrogens with one attached hydrogen (secondary N) is 1. The Kier molecular flexibility index (Phi) is 4.68. The fourth-order valence-electron chi connectivity index (χ4n) is 3.21. The molecule has 0 bridgehead atoms. The molecule has 27 heavy (non-hydrogen) atoms. The average Bonchev–Trinajstić information content (AvgIpc) is 3.29. The molecule has 136 valence electrons. The molecule has 1 aliphatic heterocycles. The minimum atomic E-state index is -0.633. The van der Waals surface area contributed by atoms with E-state index < -0.39 is 12.0 Å². The van der Waals surface area contributed by atoms with Crippen LogP contribution in [-0.2, 0) is 4.79 Å². The Hall–Kier alpha value is -3.06. The number of thiazole rings is 1. The number of carbonyl (C=O) groups excluding carboxylic acids is 1. The molecule has 2 aromatic carbocycles. The molecule has 0 saturated carbocycles. The number of nitrogens with zero attached hydrogens (tertiary/aromatic N) is 3. The highest BCUT2D eigenvalue weighted by Crippen LogP contribution is 2.36. The molecule has 1 aromatic heterocycles. The molecule has 0 saturated heterocycles. The zero-order valence-corrected chi connectivity index (χ0v) is 15.4. The molecular formula is C20H17FN4OS. The second-order valence-electron chi connectivity index (χ2n) is 6.19. The lowest BCUT2D eigenvalue weighted by molar-refractivity contribution is -0.120. The van der Waals surface area contributed by atoms with Crippen molar-refractivity contribution in [3.63, 3.8) is 0 Å². The molecule has 1 aliphatic rings. The zero-order chi connectivity index (χ0) is 18.8. The second-order valence-corrected chi connectivity index (χ2v) is 7.08. The van der Waals surface area contributed by atoms with Crippen LogP contribution in [0.25, 0.3) is 0 Å². The molecule has 3 aromatic rings. The molecule has 5 nitrogen and oxygen atoms in total.